The molecule has 2 amide bonds. The molecule has 0 saturated carbocycles. The highest BCUT2D eigenvalue weighted by Crippen LogP contribution is 2.35. The quantitative estimate of drug-likeness (QED) is 0.444. The lowest BCUT2D eigenvalue weighted by Crippen LogP contribution is -2.27. The lowest BCUT2D eigenvalue weighted by atomic mass is 10.1. The Kier molecular flexibility index (Phi) is 5.91. The van der Waals surface area contributed by atoms with Gasteiger partial charge in [-0.2, -0.15) is 0 Å². The van der Waals surface area contributed by atoms with Crippen molar-refractivity contribution in [2.24, 2.45) is 0 Å². The zero-order chi connectivity index (χ0) is 22.1. The molecule has 156 valence electrons. The minimum absolute atomic E-state index is 0.0701. The van der Waals surface area contributed by atoms with E-state index >= 15 is 0 Å². The van der Waals surface area contributed by atoms with Crippen LogP contribution in [0.2, 0.25) is 10.0 Å². The van der Waals surface area contributed by atoms with E-state index in [9.17, 15) is 19.5 Å². The summed E-state index contributed by atoms with van der Waals surface area (Å²) in [6, 6.07) is 14.4. The Balaban J connectivity index is 1.56. The summed E-state index contributed by atoms with van der Waals surface area (Å²) < 4.78 is 5.73. The largest absolute Gasteiger partial charge is 0.478 e. The van der Waals surface area contributed by atoms with E-state index in [1.165, 1.54) is 24.3 Å². The molecule has 1 aliphatic heterocycles. The van der Waals surface area contributed by atoms with Crippen molar-refractivity contribution in [3.63, 3.8) is 0 Å². The van der Waals surface area contributed by atoms with E-state index in [2.05, 4.69) is 0 Å². The van der Waals surface area contributed by atoms with Crippen molar-refractivity contribution in [1.29, 1.82) is 0 Å². The second-order valence-electron chi connectivity index (χ2n) is 6.60. The smallest absolute Gasteiger partial charge is 0.335 e. The summed E-state index contributed by atoms with van der Waals surface area (Å²) in [5.74, 6) is -0.823. The van der Waals surface area contributed by atoms with Crippen LogP contribution in [0, 0.1) is 0 Å². The van der Waals surface area contributed by atoms with E-state index < -0.39 is 11.9 Å². The molecule has 9 heteroatoms. The van der Waals surface area contributed by atoms with Crippen molar-refractivity contribution in [2.75, 3.05) is 0 Å². The average molecular weight is 474 g/mol. The summed E-state index contributed by atoms with van der Waals surface area (Å²) in [4.78, 5) is 37.6. The van der Waals surface area contributed by atoms with Gasteiger partial charge < -0.3 is 9.52 Å². The van der Waals surface area contributed by atoms with Crippen molar-refractivity contribution in [2.45, 2.75) is 6.54 Å². The zero-order valence-electron chi connectivity index (χ0n) is 15.7. The first-order valence-electron chi connectivity index (χ1n) is 8.94. The molecule has 3 aromatic rings. The fourth-order valence-corrected chi connectivity index (χ4v) is 4.12. The normalized spacial score (nSPS) is 15.2. The first-order chi connectivity index (χ1) is 14.8. The van der Waals surface area contributed by atoms with Gasteiger partial charge in [-0.05, 0) is 59.8 Å². The van der Waals surface area contributed by atoms with Crippen molar-refractivity contribution in [1.82, 2.24) is 4.90 Å². The standard InChI is InChI=1S/C22H13Cl2NO5S/c23-14-4-1-12(2-5-14)11-25-20(26)19(31-22(25)29)10-15-6-8-18(30-15)16-9-13(21(27)28)3-7-17(16)24/h1-10H,11H2,(H,27,28)/b19-10-. The van der Waals surface area contributed by atoms with Crippen LogP contribution in [-0.4, -0.2) is 27.1 Å². The number of carboxylic acid groups (broad SMARTS) is 1. The first kappa shape index (κ1) is 21.2. The molecule has 0 aliphatic carbocycles. The molecule has 0 radical (unpaired) electrons. The molecule has 0 unspecified atom stereocenters. The van der Waals surface area contributed by atoms with E-state index in [4.69, 9.17) is 27.6 Å². The van der Waals surface area contributed by atoms with Gasteiger partial charge in [0, 0.05) is 16.7 Å². The monoisotopic (exact) mass is 473 g/mol. The summed E-state index contributed by atoms with van der Waals surface area (Å²) in [5, 5.41) is 9.69. The number of hydrogen-bond donors (Lipinski definition) is 1. The number of halogens is 2. The van der Waals surface area contributed by atoms with Gasteiger partial charge in [0.15, 0.2) is 0 Å². The fraction of sp³-hybridized carbons (Fsp3) is 0.0455. The minimum atomic E-state index is -1.08. The summed E-state index contributed by atoms with van der Waals surface area (Å²) in [6.45, 7) is 0.139. The Morgan fingerprint density at radius 3 is 2.52 bits per heavy atom. The van der Waals surface area contributed by atoms with Gasteiger partial charge in [-0.1, -0.05) is 35.3 Å². The van der Waals surface area contributed by atoms with Crippen LogP contribution in [0.4, 0.5) is 4.79 Å². The molecule has 2 aromatic carbocycles. The van der Waals surface area contributed by atoms with Crippen LogP contribution in [0.1, 0.15) is 21.7 Å². The molecule has 1 saturated heterocycles. The third kappa shape index (κ3) is 4.54. The molecule has 1 fully saturated rings. The Morgan fingerprint density at radius 2 is 1.81 bits per heavy atom. The minimum Gasteiger partial charge on any atom is -0.478 e. The van der Waals surface area contributed by atoms with Crippen LogP contribution < -0.4 is 0 Å². The fourth-order valence-electron chi connectivity index (χ4n) is 2.96. The predicted octanol–water partition coefficient (Wildman–Crippen LogP) is 6.19. The van der Waals surface area contributed by atoms with Crippen molar-refractivity contribution in [3.8, 4) is 11.3 Å². The number of nitrogens with zero attached hydrogens (tertiary/aromatic N) is 1. The lowest BCUT2D eigenvalue weighted by molar-refractivity contribution is -0.123. The highest BCUT2D eigenvalue weighted by atomic mass is 35.5. The SMILES string of the molecule is O=C(O)c1ccc(Cl)c(-c2ccc(/C=C3\SC(=O)N(Cc4ccc(Cl)cc4)C3=O)o2)c1. The third-order valence-electron chi connectivity index (χ3n) is 4.51. The molecule has 1 aromatic heterocycles. The molecule has 0 spiro atoms. The number of aromatic carboxylic acids is 1. The number of carboxylic acids is 1. The van der Waals surface area contributed by atoms with Gasteiger partial charge in [0.25, 0.3) is 11.1 Å². The Labute approximate surface area is 191 Å². The molecule has 0 atom stereocenters. The van der Waals surface area contributed by atoms with E-state index in [-0.39, 0.29) is 22.3 Å². The zero-order valence-corrected chi connectivity index (χ0v) is 18.0. The van der Waals surface area contributed by atoms with E-state index in [1.807, 2.05) is 0 Å². The number of rotatable bonds is 5. The van der Waals surface area contributed by atoms with Gasteiger partial charge in [0.2, 0.25) is 0 Å². The summed E-state index contributed by atoms with van der Waals surface area (Å²) in [6.07, 6.45) is 1.48. The van der Waals surface area contributed by atoms with Crippen LogP contribution in [0.15, 0.2) is 63.9 Å². The van der Waals surface area contributed by atoms with E-state index in [0.29, 0.717) is 27.1 Å². The number of imide groups is 1. The summed E-state index contributed by atoms with van der Waals surface area (Å²) >= 11 is 12.9. The highest BCUT2D eigenvalue weighted by Gasteiger charge is 2.35. The number of thioether (sulfide) groups is 1. The van der Waals surface area contributed by atoms with Gasteiger partial charge in [0.1, 0.15) is 11.5 Å². The molecule has 6 nitrogen and oxygen atoms in total. The average Bonchev–Trinajstić information content (AvgIpc) is 3.30. The Hall–Kier alpha value is -3.00. The van der Waals surface area contributed by atoms with Gasteiger partial charge >= 0.3 is 5.97 Å². The van der Waals surface area contributed by atoms with E-state index in [0.717, 1.165) is 22.2 Å². The Bertz CT molecular complexity index is 1230. The number of carbonyl (C=O) groups excluding carboxylic acids is 2. The van der Waals surface area contributed by atoms with Crippen molar-refractivity contribution < 1.29 is 23.9 Å². The molecule has 1 N–H and O–H groups in total. The lowest BCUT2D eigenvalue weighted by Gasteiger charge is -2.12. The van der Waals surface area contributed by atoms with Gasteiger partial charge in [-0.3, -0.25) is 14.5 Å². The molecule has 0 bridgehead atoms. The van der Waals surface area contributed by atoms with Crippen molar-refractivity contribution >= 4 is 58.2 Å². The van der Waals surface area contributed by atoms with Crippen LogP contribution in [0.5, 0.6) is 0 Å². The third-order valence-corrected chi connectivity index (χ3v) is 6.00. The van der Waals surface area contributed by atoms with Gasteiger partial charge in [-0.15, -0.1) is 0 Å². The number of amides is 2. The van der Waals surface area contributed by atoms with Crippen LogP contribution in [0.25, 0.3) is 17.4 Å². The maximum atomic E-state index is 12.7. The number of benzene rings is 2. The maximum absolute atomic E-state index is 12.7. The summed E-state index contributed by atoms with van der Waals surface area (Å²) in [5.41, 5.74) is 1.26. The molecule has 31 heavy (non-hydrogen) atoms. The Morgan fingerprint density at radius 1 is 1.06 bits per heavy atom. The van der Waals surface area contributed by atoms with Gasteiger partial charge in [-0.25, -0.2) is 4.79 Å². The van der Waals surface area contributed by atoms with Crippen LogP contribution >= 0.6 is 35.0 Å². The maximum Gasteiger partial charge on any atom is 0.335 e. The number of hydrogen-bond acceptors (Lipinski definition) is 5. The van der Waals surface area contributed by atoms with Crippen LogP contribution in [0.3, 0.4) is 0 Å². The second-order valence-corrected chi connectivity index (χ2v) is 8.43. The topological polar surface area (TPSA) is 87.8 Å². The van der Waals surface area contributed by atoms with Crippen LogP contribution in [-0.2, 0) is 11.3 Å². The predicted molar refractivity (Wildman–Crippen MR) is 119 cm³/mol. The molecule has 1 aliphatic rings. The van der Waals surface area contributed by atoms with Crippen molar-refractivity contribution in [3.05, 3.63) is 86.4 Å². The summed E-state index contributed by atoms with van der Waals surface area (Å²) in [7, 11) is 0. The molecule has 2 heterocycles. The number of carbonyl (C=O) groups is 3. The first-order valence-corrected chi connectivity index (χ1v) is 10.5. The second kappa shape index (κ2) is 8.63. The highest BCUT2D eigenvalue weighted by molar-refractivity contribution is 8.18. The molecular formula is C22H13Cl2NO5S. The number of furan rings is 1. The van der Waals surface area contributed by atoms with E-state index in [1.54, 1.807) is 36.4 Å². The molecular weight excluding hydrogens is 461 g/mol. The molecule has 4 rings (SSSR count). The van der Waals surface area contributed by atoms with Gasteiger partial charge in [0.05, 0.1) is 22.0 Å².